The molecule has 0 bridgehead atoms. The zero-order valence-electron chi connectivity index (χ0n) is 13.9. The highest BCUT2D eigenvalue weighted by molar-refractivity contribution is 5.86. The van der Waals surface area contributed by atoms with Crippen LogP contribution >= 0.6 is 37.2 Å². The van der Waals surface area contributed by atoms with Gasteiger partial charge in [0.15, 0.2) is 0 Å². The summed E-state index contributed by atoms with van der Waals surface area (Å²) >= 11 is 0. The zero-order chi connectivity index (χ0) is 13.3. The van der Waals surface area contributed by atoms with Gasteiger partial charge in [-0.3, -0.25) is 0 Å². The quantitative estimate of drug-likeness (QED) is 0.386. The smallest absolute Gasteiger partial charge is 0.00484 e. The van der Waals surface area contributed by atoms with E-state index in [0.29, 0.717) is 0 Å². The lowest BCUT2D eigenvalue weighted by Gasteiger charge is -2.06. The molecule has 0 aromatic heterocycles. The molecule has 0 aliphatic rings. The predicted molar refractivity (Wildman–Crippen MR) is 104 cm³/mol. The Morgan fingerprint density at radius 2 is 0.714 bits per heavy atom. The van der Waals surface area contributed by atoms with Crippen molar-refractivity contribution >= 4 is 37.2 Å². The van der Waals surface area contributed by atoms with Crippen LogP contribution in [-0.4, -0.2) is 39.3 Å². The Morgan fingerprint density at radius 3 is 1.05 bits per heavy atom. The van der Waals surface area contributed by atoms with Crippen molar-refractivity contribution in [3.63, 3.8) is 0 Å². The van der Waals surface area contributed by atoms with Gasteiger partial charge >= 0.3 is 0 Å². The van der Waals surface area contributed by atoms with Crippen LogP contribution in [0, 0.1) is 0 Å². The average Bonchev–Trinajstić information content (AvgIpc) is 2.39. The zero-order valence-corrected chi connectivity index (χ0v) is 16.4. The minimum absolute atomic E-state index is 0. The first kappa shape index (κ1) is 29.7. The molecule has 3 nitrogen and oxygen atoms in total. The summed E-state index contributed by atoms with van der Waals surface area (Å²) in [6.07, 6.45) is 9.08. The Labute approximate surface area is 151 Å². The SMILES string of the molecule is CCCNCCCCCNCCCCNCCC.Cl.Cl.Cl. The normalized spacial score (nSPS) is 9.43. The summed E-state index contributed by atoms with van der Waals surface area (Å²) < 4.78 is 0. The van der Waals surface area contributed by atoms with Crippen molar-refractivity contribution in [2.24, 2.45) is 0 Å². The van der Waals surface area contributed by atoms with Gasteiger partial charge in [0.25, 0.3) is 0 Å². The Kier molecular flexibility index (Phi) is 40.8. The molecule has 0 amide bonds. The lowest BCUT2D eigenvalue weighted by molar-refractivity contribution is 0.548. The highest BCUT2D eigenvalue weighted by atomic mass is 35.5. The maximum absolute atomic E-state index is 3.53. The Balaban J connectivity index is -0.000000482. The van der Waals surface area contributed by atoms with Gasteiger partial charge < -0.3 is 16.0 Å². The van der Waals surface area contributed by atoms with Crippen molar-refractivity contribution in [3.05, 3.63) is 0 Å². The third kappa shape index (κ3) is 29.4. The second-order valence-electron chi connectivity index (χ2n) is 5.02. The standard InChI is InChI=1S/C15H35N3.3ClH/c1-3-10-16-12-6-5-7-13-18-15-9-8-14-17-11-4-2;;;/h16-18H,3-15H2,1-2H3;3*1H. The topological polar surface area (TPSA) is 36.1 Å². The molecule has 0 unspecified atom stereocenters. The largest absolute Gasteiger partial charge is 0.317 e. The van der Waals surface area contributed by atoms with Crippen molar-refractivity contribution in [2.45, 2.75) is 58.8 Å². The van der Waals surface area contributed by atoms with E-state index in [1.165, 1.54) is 84.2 Å². The molecule has 6 heteroatoms. The molecule has 0 saturated heterocycles. The molecule has 0 radical (unpaired) electrons. The lowest BCUT2D eigenvalue weighted by Crippen LogP contribution is -2.20. The van der Waals surface area contributed by atoms with E-state index in [0.717, 1.165) is 0 Å². The highest BCUT2D eigenvalue weighted by Crippen LogP contribution is 1.93. The number of unbranched alkanes of at least 4 members (excludes halogenated alkanes) is 3. The van der Waals surface area contributed by atoms with E-state index in [2.05, 4.69) is 29.8 Å². The third-order valence-electron chi connectivity index (χ3n) is 3.02. The summed E-state index contributed by atoms with van der Waals surface area (Å²) in [6.45, 7) is 11.5. The van der Waals surface area contributed by atoms with Gasteiger partial charge in [0.05, 0.1) is 0 Å². The fraction of sp³-hybridized carbons (Fsp3) is 1.00. The van der Waals surface area contributed by atoms with Crippen LogP contribution in [0.4, 0.5) is 0 Å². The molecule has 134 valence electrons. The van der Waals surface area contributed by atoms with Crippen LogP contribution in [0.2, 0.25) is 0 Å². The van der Waals surface area contributed by atoms with E-state index in [1.807, 2.05) is 0 Å². The van der Waals surface area contributed by atoms with Crippen LogP contribution in [0.5, 0.6) is 0 Å². The van der Waals surface area contributed by atoms with E-state index < -0.39 is 0 Å². The number of hydrogen-bond donors (Lipinski definition) is 3. The van der Waals surface area contributed by atoms with Gasteiger partial charge in [-0.25, -0.2) is 0 Å². The molecule has 0 spiro atoms. The monoisotopic (exact) mass is 365 g/mol. The molecule has 0 aliphatic heterocycles. The summed E-state index contributed by atoms with van der Waals surface area (Å²) in [5.74, 6) is 0. The number of nitrogens with one attached hydrogen (secondary N) is 3. The average molecular weight is 367 g/mol. The first-order valence-corrected chi connectivity index (χ1v) is 8.04. The molecule has 0 heterocycles. The second kappa shape index (κ2) is 28.8. The lowest BCUT2D eigenvalue weighted by atomic mass is 10.2. The minimum Gasteiger partial charge on any atom is -0.317 e. The Morgan fingerprint density at radius 1 is 0.429 bits per heavy atom. The number of rotatable bonds is 15. The molecular weight excluding hydrogens is 329 g/mol. The highest BCUT2D eigenvalue weighted by Gasteiger charge is 1.91. The molecule has 0 fully saturated rings. The molecular formula is C15H38Cl3N3. The third-order valence-corrected chi connectivity index (χ3v) is 3.02. The van der Waals surface area contributed by atoms with Crippen molar-refractivity contribution in [3.8, 4) is 0 Å². The summed E-state index contributed by atoms with van der Waals surface area (Å²) in [4.78, 5) is 0. The molecule has 0 rings (SSSR count). The van der Waals surface area contributed by atoms with Crippen LogP contribution < -0.4 is 16.0 Å². The van der Waals surface area contributed by atoms with Gasteiger partial charge in [0.1, 0.15) is 0 Å². The number of hydrogen-bond acceptors (Lipinski definition) is 3. The van der Waals surface area contributed by atoms with Gasteiger partial charge in [-0.15, -0.1) is 37.2 Å². The predicted octanol–water partition coefficient (Wildman–Crippen LogP) is 3.79. The van der Waals surface area contributed by atoms with Crippen molar-refractivity contribution in [2.75, 3.05) is 39.3 Å². The summed E-state index contributed by atoms with van der Waals surface area (Å²) in [5.41, 5.74) is 0. The van der Waals surface area contributed by atoms with Crippen LogP contribution in [0.15, 0.2) is 0 Å². The Bertz CT molecular complexity index is 136. The van der Waals surface area contributed by atoms with Gasteiger partial charge in [-0.1, -0.05) is 20.3 Å². The molecule has 0 aliphatic carbocycles. The molecule has 0 saturated carbocycles. The summed E-state index contributed by atoms with van der Waals surface area (Å²) in [7, 11) is 0. The fourth-order valence-corrected chi connectivity index (χ4v) is 1.91. The molecule has 0 atom stereocenters. The van der Waals surface area contributed by atoms with E-state index in [-0.39, 0.29) is 37.2 Å². The van der Waals surface area contributed by atoms with Gasteiger partial charge in [-0.05, 0) is 77.8 Å². The Hall–Kier alpha value is 0.750. The van der Waals surface area contributed by atoms with E-state index in [9.17, 15) is 0 Å². The second-order valence-corrected chi connectivity index (χ2v) is 5.02. The minimum atomic E-state index is 0. The van der Waals surface area contributed by atoms with Crippen LogP contribution in [0.25, 0.3) is 0 Å². The van der Waals surface area contributed by atoms with E-state index in [1.54, 1.807) is 0 Å². The first-order valence-electron chi connectivity index (χ1n) is 8.04. The molecule has 21 heavy (non-hydrogen) atoms. The van der Waals surface area contributed by atoms with Gasteiger partial charge in [0, 0.05) is 0 Å². The van der Waals surface area contributed by atoms with E-state index in [4.69, 9.17) is 0 Å². The van der Waals surface area contributed by atoms with Crippen molar-refractivity contribution in [1.82, 2.24) is 16.0 Å². The molecule has 3 N–H and O–H groups in total. The maximum Gasteiger partial charge on any atom is -0.00484 e. The van der Waals surface area contributed by atoms with Crippen LogP contribution in [-0.2, 0) is 0 Å². The van der Waals surface area contributed by atoms with Gasteiger partial charge in [0.2, 0.25) is 0 Å². The van der Waals surface area contributed by atoms with Crippen molar-refractivity contribution < 1.29 is 0 Å². The molecule has 0 aromatic carbocycles. The molecule has 0 aromatic rings. The number of halogens is 3. The van der Waals surface area contributed by atoms with Crippen molar-refractivity contribution in [1.29, 1.82) is 0 Å². The van der Waals surface area contributed by atoms with Gasteiger partial charge in [-0.2, -0.15) is 0 Å². The summed E-state index contributed by atoms with van der Waals surface area (Å²) in [5, 5.41) is 10.4. The van der Waals surface area contributed by atoms with Crippen LogP contribution in [0.3, 0.4) is 0 Å². The fourth-order valence-electron chi connectivity index (χ4n) is 1.91. The first-order chi connectivity index (χ1) is 8.91. The van der Waals surface area contributed by atoms with Crippen LogP contribution in [0.1, 0.15) is 58.8 Å². The maximum atomic E-state index is 3.53. The summed E-state index contributed by atoms with van der Waals surface area (Å²) in [6, 6.07) is 0. The van der Waals surface area contributed by atoms with E-state index >= 15 is 0 Å².